The average Bonchev–Trinajstić information content (AvgIpc) is 2.90. The standard InChI is InChI=1S/C19H30N4O4S/c1-5-21(6-2)13-9-10-15(3)20-18(24)14-22-16-11-7-8-12-17(16)23(19(22)25)28(4,26)27/h7-8,11-12,15H,5-6,9-10,13-14H2,1-4H3,(H,20,24). The predicted molar refractivity (Wildman–Crippen MR) is 111 cm³/mol. The molecule has 1 unspecified atom stereocenters. The molecule has 0 aliphatic heterocycles. The number of benzene rings is 1. The Labute approximate surface area is 166 Å². The second-order valence-electron chi connectivity index (χ2n) is 7.02. The summed E-state index contributed by atoms with van der Waals surface area (Å²) in [7, 11) is -3.78. The number of amides is 1. The summed E-state index contributed by atoms with van der Waals surface area (Å²) in [4.78, 5) is 27.4. The summed E-state index contributed by atoms with van der Waals surface area (Å²) in [6.45, 7) is 8.95. The fourth-order valence-corrected chi connectivity index (χ4v) is 4.24. The average molecular weight is 411 g/mol. The van der Waals surface area contributed by atoms with Crippen molar-refractivity contribution in [2.24, 2.45) is 0 Å². The Hall–Kier alpha value is -2.13. The topological polar surface area (TPSA) is 93.4 Å². The molecule has 0 aliphatic carbocycles. The molecule has 0 saturated carbocycles. The molecule has 0 bridgehead atoms. The second kappa shape index (κ2) is 9.38. The summed E-state index contributed by atoms with van der Waals surface area (Å²) in [5, 5.41) is 2.90. The van der Waals surface area contributed by atoms with Gasteiger partial charge in [0.1, 0.15) is 6.54 Å². The Morgan fingerprint density at radius 1 is 1.18 bits per heavy atom. The van der Waals surface area contributed by atoms with E-state index in [-0.39, 0.29) is 24.0 Å². The molecule has 1 amide bonds. The van der Waals surface area contributed by atoms with Crippen molar-refractivity contribution >= 4 is 27.0 Å². The zero-order valence-corrected chi connectivity index (χ0v) is 17.8. The summed E-state index contributed by atoms with van der Waals surface area (Å²) in [6, 6.07) is 6.54. The molecule has 1 atom stereocenters. The number of nitrogens with one attached hydrogen (secondary N) is 1. The first kappa shape index (κ1) is 22.2. The van der Waals surface area contributed by atoms with Crippen LogP contribution in [-0.2, 0) is 21.4 Å². The smallest absolute Gasteiger partial charge is 0.343 e. The molecule has 9 heteroatoms. The Morgan fingerprint density at radius 3 is 2.36 bits per heavy atom. The first-order valence-electron chi connectivity index (χ1n) is 9.61. The van der Waals surface area contributed by atoms with Gasteiger partial charge in [0.2, 0.25) is 15.9 Å². The van der Waals surface area contributed by atoms with Crippen molar-refractivity contribution < 1.29 is 13.2 Å². The highest BCUT2D eigenvalue weighted by Crippen LogP contribution is 2.14. The normalized spacial score (nSPS) is 13.2. The van der Waals surface area contributed by atoms with E-state index in [1.807, 2.05) is 6.92 Å². The summed E-state index contributed by atoms with van der Waals surface area (Å²) < 4.78 is 26.0. The van der Waals surface area contributed by atoms with E-state index in [1.54, 1.807) is 24.3 Å². The van der Waals surface area contributed by atoms with Gasteiger partial charge < -0.3 is 10.2 Å². The molecule has 1 aromatic heterocycles. The summed E-state index contributed by atoms with van der Waals surface area (Å²) >= 11 is 0. The van der Waals surface area contributed by atoms with Gasteiger partial charge in [-0.15, -0.1) is 0 Å². The summed E-state index contributed by atoms with van der Waals surface area (Å²) in [6.07, 6.45) is 2.78. The molecule has 0 spiro atoms. The van der Waals surface area contributed by atoms with Gasteiger partial charge in [0, 0.05) is 6.04 Å². The van der Waals surface area contributed by atoms with E-state index in [2.05, 4.69) is 24.1 Å². The molecule has 1 N–H and O–H groups in total. The maximum absolute atomic E-state index is 12.6. The molecular weight excluding hydrogens is 380 g/mol. The minimum atomic E-state index is -3.78. The number of hydrogen-bond acceptors (Lipinski definition) is 5. The molecule has 0 radical (unpaired) electrons. The van der Waals surface area contributed by atoms with E-state index in [0.29, 0.717) is 5.52 Å². The number of carbonyl (C=O) groups is 1. The molecule has 2 aromatic rings. The molecule has 0 aliphatic rings. The highest BCUT2D eigenvalue weighted by atomic mass is 32.2. The third-order valence-electron chi connectivity index (χ3n) is 4.84. The van der Waals surface area contributed by atoms with Crippen LogP contribution in [0, 0.1) is 0 Å². The second-order valence-corrected chi connectivity index (χ2v) is 8.85. The van der Waals surface area contributed by atoms with Crippen molar-refractivity contribution in [2.45, 2.75) is 46.2 Å². The van der Waals surface area contributed by atoms with E-state index in [4.69, 9.17) is 0 Å². The van der Waals surface area contributed by atoms with E-state index in [1.165, 1.54) is 4.57 Å². The number of aromatic nitrogens is 2. The molecule has 1 heterocycles. The molecule has 1 aromatic carbocycles. The van der Waals surface area contributed by atoms with Crippen molar-refractivity contribution in [1.82, 2.24) is 18.8 Å². The molecule has 0 saturated heterocycles. The molecular formula is C19H30N4O4S. The largest absolute Gasteiger partial charge is 0.352 e. The minimum absolute atomic E-state index is 0.0259. The first-order valence-corrected chi connectivity index (χ1v) is 11.5. The van der Waals surface area contributed by atoms with Crippen LogP contribution in [0.5, 0.6) is 0 Å². The first-order chi connectivity index (χ1) is 13.2. The van der Waals surface area contributed by atoms with Crippen molar-refractivity contribution in [3.8, 4) is 0 Å². The van der Waals surface area contributed by atoms with Crippen molar-refractivity contribution in [1.29, 1.82) is 0 Å². The Bertz CT molecular complexity index is 973. The Balaban J connectivity index is 2.10. The monoisotopic (exact) mass is 410 g/mol. The van der Waals surface area contributed by atoms with E-state index in [9.17, 15) is 18.0 Å². The van der Waals surface area contributed by atoms with Gasteiger partial charge >= 0.3 is 5.69 Å². The van der Waals surface area contributed by atoms with Crippen LogP contribution in [0.25, 0.3) is 11.0 Å². The number of fused-ring (bicyclic) bond motifs is 1. The lowest BCUT2D eigenvalue weighted by molar-refractivity contribution is -0.122. The van der Waals surface area contributed by atoms with Gasteiger partial charge in [-0.1, -0.05) is 26.0 Å². The van der Waals surface area contributed by atoms with Gasteiger partial charge in [0.25, 0.3) is 0 Å². The minimum Gasteiger partial charge on any atom is -0.352 e. The van der Waals surface area contributed by atoms with Crippen LogP contribution in [0.3, 0.4) is 0 Å². The van der Waals surface area contributed by atoms with Gasteiger partial charge in [-0.2, -0.15) is 3.97 Å². The molecule has 28 heavy (non-hydrogen) atoms. The summed E-state index contributed by atoms with van der Waals surface area (Å²) in [5.41, 5.74) is -0.0367. The molecule has 0 fully saturated rings. The molecule has 8 nitrogen and oxygen atoms in total. The van der Waals surface area contributed by atoms with Gasteiger partial charge in [-0.05, 0) is 51.5 Å². The third kappa shape index (κ3) is 5.23. The number of hydrogen-bond donors (Lipinski definition) is 1. The van der Waals surface area contributed by atoms with Crippen molar-refractivity contribution in [3.05, 3.63) is 34.7 Å². The highest BCUT2D eigenvalue weighted by molar-refractivity contribution is 7.89. The van der Waals surface area contributed by atoms with Gasteiger partial charge in [0.05, 0.1) is 17.3 Å². The van der Waals surface area contributed by atoms with Crippen LogP contribution in [0.15, 0.2) is 29.1 Å². The van der Waals surface area contributed by atoms with Gasteiger partial charge in [-0.3, -0.25) is 9.36 Å². The highest BCUT2D eigenvalue weighted by Gasteiger charge is 2.21. The number of rotatable bonds is 10. The zero-order chi connectivity index (χ0) is 20.9. The lowest BCUT2D eigenvalue weighted by Gasteiger charge is -2.19. The lowest BCUT2D eigenvalue weighted by Crippen LogP contribution is -2.38. The zero-order valence-electron chi connectivity index (χ0n) is 17.0. The van der Waals surface area contributed by atoms with Crippen LogP contribution in [0.2, 0.25) is 0 Å². The maximum atomic E-state index is 12.6. The maximum Gasteiger partial charge on any atom is 0.343 e. The number of imidazole rings is 1. The Kier molecular flexibility index (Phi) is 7.42. The van der Waals surface area contributed by atoms with E-state index in [0.717, 1.165) is 42.7 Å². The van der Waals surface area contributed by atoms with Gasteiger partial charge in [0.15, 0.2) is 0 Å². The van der Waals surface area contributed by atoms with E-state index >= 15 is 0 Å². The fourth-order valence-electron chi connectivity index (χ4n) is 3.35. The quantitative estimate of drug-likeness (QED) is 0.636. The summed E-state index contributed by atoms with van der Waals surface area (Å²) in [5.74, 6) is -0.311. The lowest BCUT2D eigenvalue weighted by atomic mass is 10.1. The Morgan fingerprint density at radius 2 is 1.79 bits per heavy atom. The van der Waals surface area contributed by atoms with Crippen LogP contribution in [0.1, 0.15) is 33.6 Å². The van der Waals surface area contributed by atoms with E-state index < -0.39 is 15.7 Å². The molecule has 2 rings (SSSR count). The predicted octanol–water partition coefficient (Wildman–Crippen LogP) is 1.24. The number of para-hydroxylation sites is 2. The van der Waals surface area contributed by atoms with Crippen molar-refractivity contribution in [3.63, 3.8) is 0 Å². The van der Waals surface area contributed by atoms with Crippen molar-refractivity contribution in [2.75, 3.05) is 25.9 Å². The van der Waals surface area contributed by atoms with Crippen LogP contribution in [-0.4, -0.2) is 59.7 Å². The molecule has 156 valence electrons. The van der Waals surface area contributed by atoms with Crippen LogP contribution < -0.4 is 11.0 Å². The van der Waals surface area contributed by atoms with Crippen LogP contribution in [0.4, 0.5) is 0 Å². The van der Waals surface area contributed by atoms with Crippen LogP contribution >= 0.6 is 0 Å². The van der Waals surface area contributed by atoms with Gasteiger partial charge in [-0.25, -0.2) is 13.2 Å². The fraction of sp³-hybridized carbons (Fsp3) is 0.579. The number of carbonyl (C=O) groups excluding carboxylic acids is 1. The SMILES string of the molecule is CCN(CC)CCCC(C)NC(=O)Cn1c(=O)n(S(C)(=O)=O)c2ccccc21. The third-order valence-corrected chi connectivity index (χ3v) is 5.86. The number of nitrogens with zero attached hydrogens (tertiary/aromatic N) is 3.